The van der Waals surface area contributed by atoms with E-state index in [1.54, 1.807) is 62.8 Å². The van der Waals surface area contributed by atoms with Crippen molar-refractivity contribution in [2.24, 2.45) is 0 Å². The van der Waals surface area contributed by atoms with Gasteiger partial charge in [0.15, 0.2) is 5.69 Å². The molecule has 4 aromatic rings. The molecule has 1 aliphatic rings. The topological polar surface area (TPSA) is 110 Å². The number of hydrogen-bond donors (Lipinski definition) is 1. The molecule has 13 heteroatoms. The van der Waals surface area contributed by atoms with Crippen molar-refractivity contribution >= 4 is 23.4 Å². The van der Waals surface area contributed by atoms with E-state index >= 15 is 0 Å². The van der Waals surface area contributed by atoms with Crippen LogP contribution in [0, 0.1) is 0 Å². The number of anilines is 1. The van der Waals surface area contributed by atoms with Crippen molar-refractivity contribution in [1.29, 1.82) is 0 Å². The zero-order valence-electron chi connectivity index (χ0n) is 23.5. The van der Waals surface area contributed by atoms with Crippen molar-refractivity contribution in [3.63, 3.8) is 0 Å². The van der Waals surface area contributed by atoms with E-state index in [2.05, 4.69) is 15.4 Å². The predicted molar refractivity (Wildman–Crippen MR) is 150 cm³/mol. The van der Waals surface area contributed by atoms with Crippen molar-refractivity contribution in [1.82, 2.24) is 25.0 Å². The second-order valence-corrected chi connectivity index (χ2v) is 9.93. The molecule has 5 rings (SSSR count). The van der Waals surface area contributed by atoms with E-state index in [0.29, 0.717) is 16.9 Å². The third-order valence-corrected chi connectivity index (χ3v) is 6.95. The second-order valence-electron chi connectivity index (χ2n) is 9.93. The van der Waals surface area contributed by atoms with E-state index in [0.717, 1.165) is 4.68 Å². The van der Waals surface area contributed by atoms with E-state index in [1.165, 1.54) is 35.1 Å². The maximum absolute atomic E-state index is 14.2. The van der Waals surface area contributed by atoms with E-state index in [1.807, 2.05) is 0 Å². The molecule has 1 aliphatic heterocycles. The zero-order valence-corrected chi connectivity index (χ0v) is 23.5. The van der Waals surface area contributed by atoms with Crippen LogP contribution in [0.1, 0.15) is 48.2 Å². The summed E-state index contributed by atoms with van der Waals surface area (Å²) >= 11 is 0. The third kappa shape index (κ3) is 5.78. The molecule has 0 unspecified atom stereocenters. The molecule has 0 saturated heterocycles. The van der Waals surface area contributed by atoms with Crippen molar-refractivity contribution in [2.75, 3.05) is 32.6 Å². The van der Waals surface area contributed by atoms with Crippen LogP contribution in [-0.4, -0.2) is 65.1 Å². The lowest BCUT2D eigenvalue weighted by molar-refractivity contribution is -0.141. The molecule has 3 amide bonds. The number of nitrogens with zero attached hydrogens (tertiary/aromatic N) is 5. The first-order chi connectivity index (χ1) is 20.5. The fourth-order valence-corrected chi connectivity index (χ4v) is 4.83. The number of fused-ring (bicyclic) bond motifs is 1. The van der Waals surface area contributed by atoms with E-state index in [-0.39, 0.29) is 53.7 Å². The number of nitrogens with one attached hydrogen (secondary N) is 1. The van der Waals surface area contributed by atoms with Gasteiger partial charge in [0.05, 0.1) is 30.6 Å². The summed E-state index contributed by atoms with van der Waals surface area (Å²) in [5.74, 6) is -1.31. The number of halogens is 3. The molecule has 2 aromatic heterocycles. The van der Waals surface area contributed by atoms with Crippen molar-refractivity contribution < 1.29 is 32.3 Å². The quantitative estimate of drug-likeness (QED) is 0.346. The van der Waals surface area contributed by atoms with Gasteiger partial charge in [0.2, 0.25) is 0 Å². The van der Waals surface area contributed by atoms with Gasteiger partial charge in [-0.05, 0) is 61.0 Å². The molecule has 2 aromatic carbocycles. The standard InChI is InChI=1S/C30H27F3N6O4/c1-37(2)28(41)18-7-9-20(10-8-18)38-15-13-22-25(29(38)42)39(36-26(22)30(31,32)33)24-12-11-21(43-3)16-23(24)27(40)35-17-19-6-4-5-14-34-19/h4-12,14,16H,13,15,17H2,1-3H3,(H,35,40). The molecule has 0 saturated carbocycles. The van der Waals surface area contributed by atoms with Gasteiger partial charge >= 0.3 is 6.18 Å². The van der Waals surface area contributed by atoms with Gasteiger partial charge < -0.3 is 19.9 Å². The first-order valence-electron chi connectivity index (χ1n) is 13.2. The monoisotopic (exact) mass is 592 g/mol. The Hall–Kier alpha value is -5.20. The molecule has 222 valence electrons. The van der Waals surface area contributed by atoms with Gasteiger partial charge in [-0.25, -0.2) is 4.68 Å². The summed E-state index contributed by atoms with van der Waals surface area (Å²) in [6.07, 6.45) is -3.41. The summed E-state index contributed by atoms with van der Waals surface area (Å²) < 4.78 is 48.7. The summed E-state index contributed by atoms with van der Waals surface area (Å²) in [6, 6.07) is 15.6. The number of carbonyl (C=O) groups is 3. The molecule has 0 spiro atoms. The van der Waals surface area contributed by atoms with E-state index < -0.39 is 23.7 Å². The van der Waals surface area contributed by atoms with Gasteiger partial charge in [-0.3, -0.25) is 19.4 Å². The van der Waals surface area contributed by atoms with E-state index in [9.17, 15) is 27.6 Å². The average Bonchev–Trinajstić information content (AvgIpc) is 3.41. The highest BCUT2D eigenvalue weighted by molar-refractivity contribution is 6.08. The molecule has 0 aliphatic carbocycles. The number of pyridine rings is 1. The fourth-order valence-electron chi connectivity index (χ4n) is 4.83. The number of benzene rings is 2. The molecule has 43 heavy (non-hydrogen) atoms. The molecule has 1 N–H and O–H groups in total. The minimum absolute atomic E-state index is 0.0341. The van der Waals surface area contributed by atoms with Crippen LogP contribution in [0.15, 0.2) is 66.9 Å². The minimum Gasteiger partial charge on any atom is -0.497 e. The molecular formula is C30H27F3N6O4. The normalized spacial score (nSPS) is 13.0. The highest BCUT2D eigenvalue weighted by atomic mass is 19.4. The number of aromatic nitrogens is 3. The summed E-state index contributed by atoms with van der Waals surface area (Å²) in [4.78, 5) is 46.5. The number of hydrogen-bond acceptors (Lipinski definition) is 6. The zero-order chi connectivity index (χ0) is 30.9. The summed E-state index contributed by atoms with van der Waals surface area (Å²) in [5, 5.41) is 6.56. The third-order valence-electron chi connectivity index (χ3n) is 6.95. The number of alkyl halides is 3. The van der Waals surface area contributed by atoms with Crippen LogP contribution in [0.3, 0.4) is 0 Å². The largest absolute Gasteiger partial charge is 0.497 e. The summed E-state index contributed by atoms with van der Waals surface area (Å²) in [5.41, 5.74) is -0.490. The molecule has 0 fully saturated rings. The van der Waals surface area contributed by atoms with Crippen LogP contribution in [0.25, 0.3) is 5.69 Å². The number of carbonyl (C=O) groups excluding carboxylic acids is 3. The van der Waals surface area contributed by atoms with Crippen LogP contribution in [0.2, 0.25) is 0 Å². The van der Waals surface area contributed by atoms with Crippen LogP contribution in [-0.2, 0) is 19.1 Å². The fraction of sp³-hybridized carbons (Fsp3) is 0.233. The number of methoxy groups -OCH3 is 1. The summed E-state index contributed by atoms with van der Waals surface area (Å²) in [7, 11) is 4.61. The lowest BCUT2D eigenvalue weighted by atomic mass is 10.0. The Bertz CT molecular complexity index is 1680. The predicted octanol–water partition coefficient (Wildman–Crippen LogP) is 4.13. The van der Waals surface area contributed by atoms with Gasteiger partial charge in [0, 0.05) is 43.7 Å². The Morgan fingerprint density at radius 1 is 1.07 bits per heavy atom. The molecular weight excluding hydrogens is 565 g/mol. The van der Waals surface area contributed by atoms with Crippen molar-refractivity contribution in [3.8, 4) is 11.4 Å². The maximum Gasteiger partial charge on any atom is 0.435 e. The Balaban J connectivity index is 1.57. The number of rotatable bonds is 7. The number of amides is 3. The minimum atomic E-state index is -4.85. The highest BCUT2D eigenvalue weighted by Crippen LogP contribution is 2.38. The smallest absolute Gasteiger partial charge is 0.435 e. The average molecular weight is 593 g/mol. The van der Waals surface area contributed by atoms with Crippen LogP contribution < -0.4 is 15.0 Å². The SMILES string of the molecule is COc1ccc(-n2nc(C(F)(F)F)c3c2C(=O)N(c2ccc(C(=O)N(C)C)cc2)CC3)c(C(=O)NCc2ccccn2)c1. The first kappa shape index (κ1) is 29.3. The summed E-state index contributed by atoms with van der Waals surface area (Å²) in [6.45, 7) is 0.0159. The van der Waals surface area contributed by atoms with Gasteiger partial charge in [-0.15, -0.1) is 0 Å². The van der Waals surface area contributed by atoms with Gasteiger partial charge in [0.25, 0.3) is 17.7 Å². The van der Waals surface area contributed by atoms with Gasteiger partial charge in [-0.2, -0.15) is 18.3 Å². The lowest BCUT2D eigenvalue weighted by Gasteiger charge is -2.28. The van der Waals surface area contributed by atoms with Crippen molar-refractivity contribution in [3.05, 3.63) is 101 Å². The Morgan fingerprint density at radius 3 is 2.44 bits per heavy atom. The molecule has 0 bridgehead atoms. The van der Waals surface area contributed by atoms with Gasteiger partial charge in [0.1, 0.15) is 11.4 Å². The highest BCUT2D eigenvalue weighted by Gasteiger charge is 2.43. The molecule has 0 atom stereocenters. The Labute approximate surface area is 244 Å². The van der Waals surface area contributed by atoms with Crippen molar-refractivity contribution in [2.45, 2.75) is 19.1 Å². The first-order valence-corrected chi connectivity index (χ1v) is 13.2. The van der Waals surface area contributed by atoms with Crippen LogP contribution in [0.4, 0.5) is 18.9 Å². The van der Waals surface area contributed by atoms with Gasteiger partial charge in [-0.1, -0.05) is 6.07 Å². The lowest BCUT2D eigenvalue weighted by Crippen LogP contribution is -2.39. The molecule has 3 heterocycles. The molecule has 0 radical (unpaired) electrons. The number of ether oxygens (including phenoxy) is 1. The van der Waals surface area contributed by atoms with Crippen LogP contribution in [0.5, 0.6) is 5.75 Å². The maximum atomic E-state index is 14.2. The second kappa shape index (κ2) is 11.6. The molecule has 10 nitrogen and oxygen atoms in total. The van der Waals surface area contributed by atoms with Crippen LogP contribution >= 0.6 is 0 Å². The van der Waals surface area contributed by atoms with E-state index in [4.69, 9.17) is 4.74 Å². The Kier molecular flexibility index (Phi) is 7.89. The Morgan fingerprint density at radius 2 is 1.81 bits per heavy atom.